The zero-order chi connectivity index (χ0) is 10.6. The Kier molecular flexibility index (Phi) is 16.2. The number of aliphatic imine (C=N–C) groups is 1. The van der Waals surface area contributed by atoms with Crippen molar-refractivity contribution in [3.63, 3.8) is 0 Å². The Bertz CT molecular complexity index is 154. The van der Waals surface area contributed by atoms with E-state index in [-0.39, 0.29) is 24.0 Å². The Labute approximate surface area is 110 Å². The van der Waals surface area contributed by atoms with Gasteiger partial charge in [0.05, 0.1) is 0 Å². The summed E-state index contributed by atoms with van der Waals surface area (Å²) in [4.78, 5) is 4.13. The normalized spacial score (nSPS) is 10.9. The number of guanidine groups is 1. The van der Waals surface area contributed by atoms with Crippen molar-refractivity contribution >= 4 is 29.9 Å². The van der Waals surface area contributed by atoms with Crippen LogP contribution in [0.25, 0.3) is 0 Å². The maximum atomic E-state index is 5.61. The fourth-order valence-corrected chi connectivity index (χ4v) is 0.978. The molecular weight excluding hydrogens is 305 g/mol. The summed E-state index contributed by atoms with van der Waals surface area (Å²) >= 11 is 0. The van der Waals surface area contributed by atoms with Crippen LogP contribution in [-0.4, -0.2) is 32.3 Å². The SMILES string of the molecule is CCCN=C(N)NCCCCOCC.I. The summed E-state index contributed by atoms with van der Waals surface area (Å²) in [5.41, 5.74) is 5.61. The second-order valence-electron chi connectivity index (χ2n) is 3.10. The molecule has 92 valence electrons. The van der Waals surface area contributed by atoms with Crippen molar-refractivity contribution < 1.29 is 4.74 Å². The van der Waals surface area contributed by atoms with Gasteiger partial charge in [-0.25, -0.2) is 0 Å². The maximum Gasteiger partial charge on any atom is 0.188 e. The minimum absolute atomic E-state index is 0. The van der Waals surface area contributed by atoms with Crippen molar-refractivity contribution in [2.24, 2.45) is 10.7 Å². The molecule has 0 spiro atoms. The molecule has 0 heterocycles. The second-order valence-corrected chi connectivity index (χ2v) is 3.10. The third-order valence-corrected chi connectivity index (χ3v) is 1.73. The number of nitrogens with zero attached hydrogens (tertiary/aromatic N) is 1. The molecule has 0 fully saturated rings. The minimum atomic E-state index is 0. The summed E-state index contributed by atoms with van der Waals surface area (Å²) in [7, 11) is 0. The van der Waals surface area contributed by atoms with E-state index < -0.39 is 0 Å². The van der Waals surface area contributed by atoms with Gasteiger partial charge in [-0.3, -0.25) is 4.99 Å². The summed E-state index contributed by atoms with van der Waals surface area (Å²) in [5.74, 6) is 0.559. The Morgan fingerprint density at radius 1 is 1.33 bits per heavy atom. The number of rotatable bonds is 8. The third kappa shape index (κ3) is 14.0. The maximum absolute atomic E-state index is 5.61. The fourth-order valence-electron chi connectivity index (χ4n) is 0.978. The van der Waals surface area contributed by atoms with E-state index >= 15 is 0 Å². The molecule has 0 aliphatic heterocycles. The van der Waals surface area contributed by atoms with E-state index in [0.717, 1.165) is 45.6 Å². The van der Waals surface area contributed by atoms with Crippen LogP contribution in [0.15, 0.2) is 4.99 Å². The first-order valence-electron chi connectivity index (χ1n) is 5.42. The van der Waals surface area contributed by atoms with Gasteiger partial charge in [-0.1, -0.05) is 6.92 Å². The monoisotopic (exact) mass is 329 g/mol. The summed E-state index contributed by atoms with van der Waals surface area (Å²) in [6.45, 7) is 7.41. The van der Waals surface area contributed by atoms with E-state index in [1.165, 1.54) is 0 Å². The number of hydrogen-bond acceptors (Lipinski definition) is 2. The van der Waals surface area contributed by atoms with Crippen LogP contribution < -0.4 is 11.1 Å². The van der Waals surface area contributed by atoms with Crippen LogP contribution in [0.4, 0.5) is 0 Å². The summed E-state index contributed by atoms with van der Waals surface area (Å²) in [6, 6.07) is 0. The van der Waals surface area contributed by atoms with Gasteiger partial charge in [0.1, 0.15) is 0 Å². The van der Waals surface area contributed by atoms with E-state index in [1.54, 1.807) is 0 Å². The summed E-state index contributed by atoms with van der Waals surface area (Å²) in [6.07, 6.45) is 3.18. The van der Waals surface area contributed by atoms with Crippen LogP contribution in [0.2, 0.25) is 0 Å². The van der Waals surface area contributed by atoms with Crippen LogP contribution in [0.5, 0.6) is 0 Å². The minimum Gasteiger partial charge on any atom is -0.382 e. The molecule has 15 heavy (non-hydrogen) atoms. The van der Waals surface area contributed by atoms with Gasteiger partial charge in [0, 0.05) is 26.3 Å². The van der Waals surface area contributed by atoms with Crippen molar-refractivity contribution in [2.75, 3.05) is 26.3 Å². The average Bonchev–Trinajstić information content (AvgIpc) is 2.20. The zero-order valence-electron chi connectivity index (χ0n) is 9.79. The van der Waals surface area contributed by atoms with Crippen molar-refractivity contribution in [1.82, 2.24) is 5.32 Å². The second kappa shape index (κ2) is 14.0. The van der Waals surface area contributed by atoms with E-state index in [9.17, 15) is 0 Å². The molecular formula is C10H24IN3O. The first-order chi connectivity index (χ1) is 6.81. The molecule has 0 aromatic rings. The molecule has 0 aromatic carbocycles. The van der Waals surface area contributed by atoms with E-state index in [2.05, 4.69) is 17.2 Å². The molecule has 0 saturated carbocycles. The highest BCUT2D eigenvalue weighted by atomic mass is 127. The molecule has 0 rings (SSSR count). The Morgan fingerprint density at radius 2 is 2.07 bits per heavy atom. The molecule has 0 amide bonds. The van der Waals surface area contributed by atoms with Crippen molar-refractivity contribution in [1.29, 1.82) is 0 Å². The fraction of sp³-hybridized carbons (Fsp3) is 0.900. The van der Waals surface area contributed by atoms with Crippen LogP contribution in [-0.2, 0) is 4.74 Å². The van der Waals surface area contributed by atoms with Gasteiger partial charge in [-0.15, -0.1) is 24.0 Å². The lowest BCUT2D eigenvalue weighted by Gasteiger charge is -2.05. The van der Waals surface area contributed by atoms with Crippen LogP contribution >= 0.6 is 24.0 Å². The Morgan fingerprint density at radius 3 is 2.67 bits per heavy atom. The molecule has 0 unspecified atom stereocenters. The van der Waals surface area contributed by atoms with Crippen molar-refractivity contribution in [3.8, 4) is 0 Å². The Hall–Kier alpha value is -0.0400. The molecule has 3 N–H and O–H groups in total. The average molecular weight is 329 g/mol. The predicted octanol–water partition coefficient (Wildman–Crippen LogP) is 1.74. The highest BCUT2D eigenvalue weighted by molar-refractivity contribution is 14.0. The highest BCUT2D eigenvalue weighted by Crippen LogP contribution is 1.88. The Balaban J connectivity index is 0. The molecule has 5 heteroatoms. The van der Waals surface area contributed by atoms with Crippen molar-refractivity contribution in [2.45, 2.75) is 33.1 Å². The number of ether oxygens (including phenoxy) is 1. The van der Waals surface area contributed by atoms with Crippen LogP contribution in [0, 0.1) is 0 Å². The molecule has 0 aliphatic rings. The lowest BCUT2D eigenvalue weighted by molar-refractivity contribution is 0.143. The molecule has 0 radical (unpaired) electrons. The van der Waals surface area contributed by atoms with E-state index in [4.69, 9.17) is 10.5 Å². The quantitative estimate of drug-likeness (QED) is 0.309. The number of nitrogens with two attached hydrogens (primary N) is 1. The smallest absolute Gasteiger partial charge is 0.188 e. The van der Waals surface area contributed by atoms with Gasteiger partial charge in [0.15, 0.2) is 5.96 Å². The van der Waals surface area contributed by atoms with Gasteiger partial charge in [-0.05, 0) is 26.2 Å². The first kappa shape index (κ1) is 17.4. The largest absolute Gasteiger partial charge is 0.382 e. The zero-order valence-corrected chi connectivity index (χ0v) is 12.1. The van der Waals surface area contributed by atoms with Gasteiger partial charge in [0.25, 0.3) is 0 Å². The predicted molar refractivity (Wildman–Crippen MR) is 75.9 cm³/mol. The molecule has 4 nitrogen and oxygen atoms in total. The van der Waals surface area contributed by atoms with Crippen LogP contribution in [0.3, 0.4) is 0 Å². The molecule has 0 aromatic heterocycles. The molecule has 0 atom stereocenters. The summed E-state index contributed by atoms with van der Waals surface area (Å²) < 4.78 is 5.22. The topological polar surface area (TPSA) is 59.6 Å². The van der Waals surface area contributed by atoms with Gasteiger partial charge < -0.3 is 15.8 Å². The van der Waals surface area contributed by atoms with Crippen molar-refractivity contribution in [3.05, 3.63) is 0 Å². The highest BCUT2D eigenvalue weighted by Gasteiger charge is 1.91. The third-order valence-electron chi connectivity index (χ3n) is 1.73. The lowest BCUT2D eigenvalue weighted by atomic mass is 10.3. The molecule has 0 aliphatic carbocycles. The standard InChI is InChI=1S/C10H23N3O.HI/c1-3-7-12-10(11)13-8-5-6-9-14-4-2;/h3-9H2,1-2H3,(H3,11,12,13);1H. The lowest BCUT2D eigenvalue weighted by Crippen LogP contribution is -2.32. The first-order valence-corrected chi connectivity index (χ1v) is 5.42. The van der Waals surface area contributed by atoms with E-state index in [1.807, 2.05) is 6.92 Å². The van der Waals surface area contributed by atoms with Gasteiger partial charge in [0.2, 0.25) is 0 Å². The molecule has 0 bridgehead atoms. The number of nitrogens with one attached hydrogen (secondary N) is 1. The number of halogens is 1. The van der Waals surface area contributed by atoms with Gasteiger partial charge in [-0.2, -0.15) is 0 Å². The van der Waals surface area contributed by atoms with Gasteiger partial charge >= 0.3 is 0 Å². The van der Waals surface area contributed by atoms with E-state index in [0.29, 0.717) is 5.96 Å². The number of unbranched alkanes of at least 4 members (excludes halogenated alkanes) is 1. The molecule has 0 saturated heterocycles. The van der Waals surface area contributed by atoms with Crippen LogP contribution in [0.1, 0.15) is 33.1 Å². The summed E-state index contributed by atoms with van der Waals surface area (Å²) in [5, 5.41) is 3.07. The number of hydrogen-bond donors (Lipinski definition) is 2.